The van der Waals surface area contributed by atoms with Crippen molar-refractivity contribution in [2.24, 2.45) is 0 Å². The van der Waals surface area contributed by atoms with Crippen LogP contribution in [0.4, 0.5) is 0 Å². The molecular weight excluding hydrogens is 314 g/mol. The summed E-state index contributed by atoms with van der Waals surface area (Å²) in [6.45, 7) is 0.223. The van der Waals surface area contributed by atoms with Crippen molar-refractivity contribution in [3.05, 3.63) is 60.4 Å². The molecule has 7 heteroatoms. The first kappa shape index (κ1) is 15.2. The molecule has 0 radical (unpaired) electrons. The lowest BCUT2D eigenvalue weighted by Gasteiger charge is -2.03. The number of esters is 1. The Bertz CT molecular complexity index is 763. The van der Waals surface area contributed by atoms with Crippen molar-refractivity contribution in [3.63, 3.8) is 0 Å². The molecule has 0 aliphatic rings. The average Bonchev–Trinajstić information content (AvgIpc) is 3.09. The van der Waals surface area contributed by atoms with Crippen molar-refractivity contribution in [1.82, 2.24) is 15.2 Å². The van der Waals surface area contributed by atoms with Crippen molar-refractivity contribution in [1.29, 1.82) is 0 Å². The van der Waals surface area contributed by atoms with Crippen LogP contribution in [0.5, 0.6) is 0 Å². The Labute approximate surface area is 136 Å². The summed E-state index contributed by atoms with van der Waals surface area (Å²) in [7, 11) is 0. The lowest BCUT2D eigenvalue weighted by atomic mass is 10.2. The Morgan fingerprint density at radius 1 is 1.09 bits per heavy atom. The number of carbonyl (C=O) groups excluding carboxylic acids is 1. The molecule has 0 fully saturated rings. The van der Waals surface area contributed by atoms with E-state index in [2.05, 4.69) is 15.2 Å². The zero-order valence-corrected chi connectivity index (χ0v) is 12.9. The number of aromatic nitrogens is 3. The SMILES string of the molecule is O=C(CSc1nnc(-c2ccccc2)o1)OCc1ccncc1. The van der Waals surface area contributed by atoms with Crippen LogP contribution in [0.25, 0.3) is 11.5 Å². The van der Waals surface area contributed by atoms with Crippen LogP contribution in [-0.2, 0) is 16.1 Å². The molecule has 3 aromatic rings. The summed E-state index contributed by atoms with van der Waals surface area (Å²) in [6.07, 6.45) is 3.31. The summed E-state index contributed by atoms with van der Waals surface area (Å²) in [5.74, 6) is 0.200. The molecule has 0 atom stereocenters. The van der Waals surface area contributed by atoms with E-state index in [1.165, 1.54) is 0 Å². The maximum absolute atomic E-state index is 11.7. The number of benzene rings is 1. The van der Waals surface area contributed by atoms with Crippen LogP contribution < -0.4 is 0 Å². The number of pyridine rings is 1. The lowest BCUT2D eigenvalue weighted by molar-refractivity contribution is -0.141. The van der Waals surface area contributed by atoms with E-state index in [0.717, 1.165) is 22.9 Å². The summed E-state index contributed by atoms with van der Waals surface area (Å²) in [5.41, 5.74) is 1.73. The molecule has 2 heterocycles. The molecule has 23 heavy (non-hydrogen) atoms. The number of thioether (sulfide) groups is 1. The minimum absolute atomic E-state index is 0.113. The first-order valence-electron chi connectivity index (χ1n) is 6.87. The standard InChI is InChI=1S/C16H13N3O3S/c20-14(21-10-12-6-8-17-9-7-12)11-23-16-19-18-15(22-16)13-4-2-1-3-5-13/h1-9H,10-11H2. The zero-order chi connectivity index (χ0) is 15.9. The van der Waals surface area contributed by atoms with E-state index in [0.29, 0.717) is 11.1 Å². The van der Waals surface area contributed by atoms with Gasteiger partial charge >= 0.3 is 5.97 Å². The van der Waals surface area contributed by atoms with Crippen LogP contribution in [0.15, 0.2) is 64.5 Å². The molecule has 0 spiro atoms. The van der Waals surface area contributed by atoms with Gasteiger partial charge in [-0.3, -0.25) is 9.78 Å². The molecule has 0 unspecified atom stereocenters. The topological polar surface area (TPSA) is 78.1 Å². The van der Waals surface area contributed by atoms with Crippen LogP contribution in [0.2, 0.25) is 0 Å². The first-order chi connectivity index (χ1) is 11.3. The van der Waals surface area contributed by atoms with Gasteiger partial charge < -0.3 is 9.15 Å². The van der Waals surface area contributed by atoms with Gasteiger partial charge in [0.25, 0.3) is 5.22 Å². The molecule has 3 rings (SSSR count). The highest BCUT2D eigenvalue weighted by atomic mass is 32.2. The van der Waals surface area contributed by atoms with Gasteiger partial charge in [-0.2, -0.15) is 0 Å². The van der Waals surface area contributed by atoms with Gasteiger partial charge in [-0.1, -0.05) is 30.0 Å². The number of rotatable bonds is 6. The van der Waals surface area contributed by atoms with Gasteiger partial charge in [0.05, 0.1) is 0 Å². The molecular formula is C16H13N3O3S. The summed E-state index contributed by atoms with van der Waals surface area (Å²) >= 11 is 1.15. The minimum Gasteiger partial charge on any atom is -0.460 e. The molecule has 0 saturated heterocycles. The lowest BCUT2D eigenvalue weighted by Crippen LogP contribution is -2.07. The molecule has 2 aromatic heterocycles. The second-order valence-electron chi connectivity index (χ2n) is 4.54. The van der Waals surface area contributed by atoms with E-state index in [1.807, 2.05) is 30.3 Å². The van der Waals surface area contributed by atoms with E-state index in [9.17, 15) is 4.79 Å². The van der Waals surface area contributed by atoms with Gasteiger partial charge in [-0.25, -0.2) is 0 Å². The van der Waals surface area contributed by atoms with Gasteiger partial charge in [0.2, 0.25) is 5.89 Å². The number of ether oxygens (including phenoxy) is 1. The highest BCUT2D eigenvalue weighted by Crippen LogP contribution is 2.22. The smallest absolute Gasteiger partial charge is 0.316 e. The third-order valence-corrected chi connectivity index (χ3v) is 3.68. The number of nitrogens with zero attached hydrogens (tertiary/aromatic N) is 3. The maximum Gasteiger partial charge on any atom is 0.316 e. The molecule has 0 saturated carbocycles. The summed E-state index contributed by atoms with van der Waals surface area (Å²) in [5, 5.41) is 8.21. The maximum atomic E-state index is 11.7. The first-order valence-corrected chi connectivity index (χ1v) is 7.86. The normalized spacial score (nSPS) is 10.4. The summed E-state index contributed by atoms with van der Waals surface area (Å²) in [4.78, 5) is 15.6. The number of hydrogen-bond acceptors (Lipinski definition) is 7. The Morgan fingerprint density at radius 2 is 1.87 bits per heavy atom. The van der Waals surface area contributed by atoms with Crippen molar-refractivity contribution >= 4 is 17.7 Å². The van der Waals surface area contributed by atoms with Gasteiger partial charge in [0.1, 0.15) is 12.4 Å². The fourth-order valence-electron chi connectivity index (χ4n) is 1.77. The third kappa shape index (κ3) is 4.40. The summed E-state index contributed by atoms with van der Waals surface area (Å²) < 4.78 is 10.7. The molecule has 1 aromatic carbocycles. The fraction of sp³-hybridized carbons (Fsp3) is 0.125. The van der Waals surface area contributed by atoms with Gasteiger partial charge in [-0.15, -0.1) is 10.2 Å². The molecule has 0 aliphatic heterocycles. The Hall–Kier alpha value is -2.67. The van der Waals surface area contributed by atoms with Gasteiger partial charge in [0, 0.05) is 18.0 Å². The molecule has 0 aliphatic carbocycles. The average molecular weight is 327 g/mol. The van der Waals surface area contributed by atoms with Gasteiger partial charge in [0.15, 0.2) is 0 Å². The number of carbonyl (C=O) groups is 1. The number of hydrogen-bond donors (Lipinski definition) is 0. The molecule has 116 valence electrons. The third-order valence-electron chi connectivity index (χ3n) is 2.89. The van der Waals surface area contributed by atoms with Crippen molar-refractivity contribution in [3.8, 4) is 11.5 Å². The van der Waals surface area contributed by atoms with Crippen LogP contribution in [-0.4, -0.2) is 26.9 Å². The van der Waals surface area contributed by atoms with E-state index in [4.69, 9.17) is 9.15 Å². The van der Waals surface area contributed by atoms with Crippen LogP contribution in [0.1, 0.15) is 5.56 Å². The van der Waals surface area contributed by atoms with Crippen molar-refractivity contribution in [2.75, 3.05) is 5.75 Å². The Morgan fingerprint density at radius 3 is 2.65 bits per heavy atom. The molecule has 0 N–H and O–H groups in total. The van der Waals surface area contributed by atoms with E-state index < -0.39 is 0 Å². The second-order valence-corrected chi connectivity index (χ2v) is 5.47. The molecule has 0 bridgehead atoms. The van der Waals surface area contributed by atoms with E-state index >= 15 is 0 Å². The van der Waals surface area contributed by atoms with Crippen molar-refractivity contribution < 1.29 is 13.9 Å². The van der Waals surface area contributed by atoms with E-state index in [1.54, 1.807) is 24.5 Å². The molecule has 0 amide bonds. The Balaban J connectivity index is 1.49. The zero-order valence-electron chi connectivity index (χ0n) is 12.1. The second kappa shape index (κ2) is 7.55. The summed E-state index contributed by atoms with van der Waals surface area (Å²) in [6, 6.07) is 13.0. The fourth-order valence-corrected chi connectivity index (χ4v) is 2.33. The van der Waals surface area contributed by atoms with Crippen LogP contribution >= 0.6 is 11.8 Å². The quantitative estimate of drug-likeness (QED) is 0.509. The predicted molar refractivity (Wildman–Crippen MR) is 84.5 cm³/mol. The minimum atomic E-state index is -0.341. The van der Waals surface area contributed by atoms with Crippen molar-refractivity contribution in [2.45, 2.75) is 11.8 Å². The highest BCUT2D eigenvalue weighted by Gasteiger charge is 2.11. The van der Waals surface area contributed by atoms with Crippen LogP contribution in [0, 0.1) is 0 Å². The molecule has 6 nitrogen and oxygen atoms in total. The Kier molecular flexibility index (Phi) is 5.00. The largest absolute Gasteiger partial charge is 0.460 e. The van der Waals surface area contributed by atoms with E-state index in [-0.39, 0.29) is 18.3 Å². The highest BCUT2D eigenvalue weighted by molar-refractivity contribution is 7.99. The predicted octanol–water partition coefficient (Wildman–Crippen LogP) is 2.97. The van der Waals surface area contributed by atoms with Crippen LogP contribution in [0.3, 0.4) is 0 Å². The van der Waals surface area contributed by atoms with Gasteiger partial charge in [-0.05, 0) is 29.8 Å². The monoisotopic (exact) mass is 327 g/mol.